The van der Waals surface area contributed by atoms with E-state index in [-0.39, 0.29) is 34.9 Å². The summed E-state index contributed by atoms with van der Waals surface area (Å²) in [7, 11) is 0. The number of pyridine rings is 1. The quantitative estimate of drug-likeness (QED) is 0.409. The lowest BCUT2D eigenvalue weighted by Crippen LogP contribution is -2.48. The van der Waals surface area contributed by atoms with Crippen LogP contribution in [0.5, 0.6) is 0 Å². The van der Waals surface area contributed by atoms with Crippen LogP contribution in [-0.4, -0.2) is 34.5 Å². The van der Waals surface area contributed by atoms with Crippen LogP contribution in [0.1, 0.15) is 25.3 Å². The summed E-state index contributed by atoms with van der Waals surface area (Å²) in [4.78, 5) is 5.29. The molecule has 2 heterocycles. The van der Waals surface area contributed by atoms with Gasteiger partial charge in [0.15, 0.2) is 6.10 Å². The molecule has 0 saturated carbocycles. The van der Waals surface area contributed by atoms with E-state index in [2.05, 4.69) is 10.4 Å². The van der Waals surface area contributed by atoms with E-state index >= 15 is 0 Å². The highest BCUT2D eigenvalue weighted by atomic mass is 19.4. The maximum absolute atomic E-state index is 13.5. The van der Waals surface area contributed by atoms with Gasteiger partial charge in [0.25, 0.3) is 0 Å². The Bertz CT molecular complexity index is 869. The van der Waals surface area contributed by atoms with Gasteiger partial charge in [0.1, 0.15) is 5.82 Å². The van der Waals surface area contributed by atoms with Gasteiger partial charge in [0, 0.05) is 17.1 Å². The number of halogens is 6. The molecule has 1 aliphatic heterocycles. The number of hydrogen-bond acceptors (Lipinski definition) is 5. The predicted molar refractivity (Wildman–Crippen MR) is 91.6 cm³/mol. The van der Waals surface area contributed by atoms with Crippen molar-refractivity contribution in [1.82, 2.24) is 4.98 Å². The Balaban J connectivity index is 2.13. The van der Waals surface area contributed by atoms with Gasteiger partial charge in [0.2, 0.25) is 0 Å². The van der Waals surface area contributed by atoms with Crippen molar-refractivity contribution in [2.75, 3.05) is 10.3 Å². The number of benzene rings is 1. The van der Waals surface area contributed by atoms with Crippen molar-refractivity contribution in [2.24, 2.45) is 5.84 Å². The molecule has 154 valence electrons. The number of aromatic nitrogens is 1. The number of rotatable bonds is 3. The first-order valence-corrected chi connectivity index (χ1v) is 8.45. The van der Waals surface area contributed by atoms with Crippen LogP contribution in [0.4, 0.5) is 37.8 Å². The van der Waals surface area contributed by atoms with Gasteiger partial charge in [-0.1, -0.05) is 0 Å². The number of alkyl halides is 6. The van der Waals surface area contributed by atoms with Crippen molar-refractivity contribution in [1.29, 1.82) is 0 Å². The Kier molecular flexibility index (Phi) is 5.09. The third-order valence-electron chi connectivity index (χ3n) is 4.96. The molecular weight excluding hydrogens is 390 g/mol. The third-order valence-corrected chi connectivity index (χ3v) is 4.96. The van der Waals surface area contributed by atoms with Gasteiger partial charge >= 0.3 is 12.4 Å². The summed E-state index contributed by atoms with van der Waals surface area (Å²) in [5, 5.41) is 9.46. The molecule has 0 aliphatic carbocycles. The van der Waals surface area contributed by atoms with Crippen molar-refractivity contribution in [2.45, 2.75) is 50.3 Å². The summed E-state index contributed by atoms with van der Waals surface area (Å²) < 4.78 is 79.5. The molecule has 0 spiro atoms. The molecular formula is C17H18F6N4O. The van der Waals surface area contributed by atoms with Crippen LogP contribution in [0.15, 0.2) is 24.3 Å². The summed E-state index contributed by atoms with van der Waals surface area (Å²) in [6, 6.07) is 2.92. The third kappa shape index (κ3) is 3.68. The summed E-state index contributed by atoms with van der Waals surface area (Å²) in [6.07, 6.45) is -11.7. The Morgan fingerprint density at radius 1 is 1.18 bits per heavy atom. The van der Waals surface area contributed by atoms with Crippen LogP contribution >= 0.6 is 0 Å². The Morgan fingerprint density at radius 2 is 1.86 bits per heavy atom. The van der Waals surface area contributed by atoms with Crippen LogP contribution in [0.3, 0.4) is 0 Å². The number of nitrogen functional groups attached to an aromatic ring is 1. The molecule has 0 unspecified atom stereocenters. The fourth-order valence-electron chi connectivity index (χ4n) is 3.67. The molecule has 1 aliphatic rings. The molecule has 1 fully saturated rings. The highest BCUT2D eigenvalue weighted by Gasteiger charge is 2.48. The molecule has 3 atom stereocenters. The van der Waals surface area contributed by atoms with Gasteiger partial charge in [0.05, 0.1) is 17.1 Å². The average Bonchev–Trinajstić information content (AvgIpc) is 2.99. The number of fused-ring (bicyclic) bond motifs is 1. The van der Waals surface area contributed by atoms with Crippen LogP contribution in [0.25, 0.3) is 10.9 Å². The molecule has 11 heteroatoms. The Labute approximate surface area is 156 Å². The van der Waals surface area contributed by atoms with Crippen LogP contribution in [-0.2, 0) is 6.18 Å². The smallest absolute Gasteiger partial charge is 0.382 e. The topological polar surface area (TPSA) is 74.4 Å². The molecule has 1 aromatic heterocycles. The molecule has 1 aromatic carbocycles. The molecule has 1 saturated heterocycles. The minimum Gasteiger partial charge on any atom is -0.382 e. The number of hydrogen-bond donors (Lipinski definition) is 3. The minimum absolute atomic E-state index is 0.00806. The van der Waals surface area contributed by atoms with E-state index in [4.69, 9.17) is 5.84 Å². The van der Waals surface area contributed by atoms with Crippen LogP contribution < -0.4 is 16.2 Å². The van der Waals surface area contributed by atoms with Crippen molar-refractivity contribution in [3.8, 4) is 0 Å². The van der Waals surface area contributed by atoms with E-state index < -0.39 is 30.1 Å². The van der Waals surface area contributed by atoms with Gasteiger partial charge < -0.3 is 15.4 Å². The molecule has 0 amide bonds. The van der Waals surface area contributed by atoms with E-state index in [0.717, 1.165) is 12.1 Å². The number of nitrogens with two attached hydrogens (primary N) is 1. The molecule has 0 bridgehead atoms. The van der Waals surface area contributed by atoms with Crippen molar-refractivity contribution < 1.29 is 31.4 Å². The number of aliphatic hydroxyl groups is 1. The van der Waals surface area contributed by atoms with Gasteiger partial charge in [-0.2, -0.15) is 26.3 Å². The van der Waals surface area contributed by atoms with E-state index in [9.17, 15) is 31.4 Å². The number of hydrazine groups is 1. The SMILES string of the molecule is C[C@@H]1CC[C@H]([C@@H](O)C(F)(F)F)N1c1ccc2nc(NN)cc(C(F)(F)F)c2c1. The van der Waals surface area contributed by atoms with Gasteiger partial charge in [-0.05, 0) is 44.0 Å². The highest BCUT2D eigenvalue weighted by molar-refractivity contribution is 5.88. The second kappa shape index (κ2) is 6.96. The number of nitrogens with one attached hydrogen (secondary N) is 1. The lowest BCUT2D eigenvalue weighted by atomic mass is 10.0. The summed E-state index contributed by atoms with van der Waals surface area (Å²) in [6.45, 7) is 1.66. The van der Waals surface area contributed by atoms with Gasteiger partial charge in [-0.25, -0.2) is 10.8 Å². The molecule has 28 heavy (non-hydrogen) atoms. The fraction of sp³-hybridized carbons (Fsp3) is 0.471. The van der Waals surface area contributed by atoms with E-state index in [0.29, 0.717) is 6.42 Å². The van der Waals surface area contributed by atoms with E-state index in [1.54, 1.807) is 6.92 Å². The number of nitrogens with zero attached hydrogens (tertiary/aromatic N) is 2. The fourth-order valence-corrected chi connectivity index (χ4v) is 3.67. The van der Waals surface area contributed by atoms with E-state index in [1.165, 1.54) is 17.0 Å². The van der Waals surface area contributed by atoms with Gasteiger partial charge in [-0.3, -0.25) is 0 Å². The molecule has 2 aromatic rings. The monoisotopic (exact) mass is 408 g/mol. The first-order valence-electron chi connectivity index (χ1n) is 8.45. The lowest BCUT2D eigenvalue weighted by molar-refractivity contribution is -0.209. The number of aliphatic hydroxyl groups excluding tert-OH is 1. The Morgan fingerprint density at radius 3 is 2.43 bits per heavy atom. The summed E-state index contributed by atoms with van der Waals surface area (Å²) >= 11 is 0. The zero-order valence-corrected chi connectivity index (χ0v) is 14.6. The van der Waals surface area contributed by atoms with Crippen molar-refractivity contribution in [3.63, 3.8) is 0 Å². The van der Waals surface area contributed by atoms with Crippen molar-refractivity contribution >= 4 is 22.4 Å². The van der Waals surface area contributed by atoms with Gasteiger partial charge in [-0.15, -0.1) is 0 Å². The number of anilines is 2. The van der Waals surface area contributed by atoms with E-state index in [1.807, 2.05) is 0 Å². The highest BCUT2D eigenvalue weighted by Crippen LogP contribution is 2.40. The minimum atomic E-state index is -4.83. The molecule has 5 nitrogen and oxygen atoms in total. The second-order valence-electron chi connectivity index (χ2n) is 6.79. The first kappa shape index (κ1) is 20.5. The summed E-state index contributed by atoms with van der Waals surface area (Å²) in [5.41, 5.74) is 1.21. The normalized spacial score (nSPS) is 22.0. The zero-order chi connectivity index (χ0) is 20.9. The largest absolute Gasteiger partial charge is 0.417 e. The second-order valence-corrected chi connectivity index (χ2v) is 6.79. The average molecular weight is 408 g/mol. The van der Waals surface area contributed by atoms with Crippen LogP contribution in [0, 0.1) is 0 Å². The maximum Gasteiger partial charge on any atom is 0.417 e. The lowest BCUT2D eigenvalue weighted by Gasteiger charge is -2.34. The first-order chi connectivity index (χ1) is 12.9. The molecule has 0 radical (unpaired) electrons. The zero-order valence-electron chi connectivity index (χ0n) is 14.6. The standard InChI is InChI=1S/C17H18F6N4O/c1-8-2-5-13(15(28)17(21,22)23)27(8)9-3-4-12-10(6-9)11(16(18,19)20)7-14(25-12)26-24/h3-4,6-8,13,15,28H,2,5,24H2,1H3,(H,25,26)/t8-,13-,15-/m1/s1. The molecule has 4 N–H and O–H groups in total. The van der Waals surface area contributed by atoms with Crippen LogP contribution in [0.2, 0.25) is 0 Å². The Hall–Kier alpha value is -2.27. The summed E-state index contributed by atoms with van der Waals surface area (Å²) in [5.74, 6) is 4.98. The molecule has 3 rings (SSSR count). The predicted octanol–water partition coefficient (Wildman–Crippen LogP) is 3.82. The van der Waals surface area contributed by atoms with Crippen molar-refractivity contribution in [3.05, 3.63) is 29.8 Å². The maximum atomic E-state index is 13.5.